The summed E-state index contributed by atoms with van der Waals surface area (Å²) in [5, 5.41) is 14.2. The number of thiophene rings is 1. The molecule has 0 radical (unpaired) electrons. The highest BCUT2D eigenvalue weighted by atomic mass is 32.1. The lowest BCUT2D eigenvalue weighted by atomic mass is 10.3. The van der Waals surface area contributed by atoms with Crippen LogP contribution in [0.25, 0.3) is 0 Å². The van der Waals surface area contributed by atoms with Gasteiger partial charge >= 0.3 is 5.00 Å². The Morgan fingerprint density at radius 1 is 1.37 bits per heavy atom. The van der Waals surface area contributed by atoms with Gasteiger partial charge in [-0.3, -0.25) is 19.9 Å². The van der Waals surface area contributed by atoms with Gasteiger partial charge in [-0.2, -0.15) is 5.10 Å². The Morgan fingerprint density at radius 3 is 2.74 bits per heavy atom. The number of carbonyl (C=O) groups is 1. The van der Waals surface area contributed by atoms with E-state index < -0.39 is 4.92 Å². The number of nitro groups is 1. The minimum atomic E-state index is -0.475. The highest BCUT2D eigenvalue weighted by Crippen LogP contribution is 2.22. The molecule has 0 aliphatic rings. The Kier molecular flexibility index (Phi) is 3.94. The first-order valence-corrected chi connectivity index (χ1v) is 5.96. The van der Waals surface area contributed by atoms with Crippen LogP contribution < -0.4 is 5.43 Å². The summed E-state index contributed by atoms with van der Waals surface area (Å²) in [5.41, 5.74) is 2.76. The van der Waals surface area contributed by atoms with Crippen LogP contribution in [0, 0.1) is 10.1 Å². The summed E-state index contributed by atoms with van der Waals surface area (Å²) >= 11 is 0.979. The van der Waals surface area contributed by atoms with E-state index in [0.717, 1.165) is 11.3 Å². The second-order valence-electron chi connectivity index (χ2n) is 3.37. The number of amides is 1. The van der Waals surface area contributed by atoms with Crippen molar-refractivity contribution in [2.24, 2.45) is 5.10 Å². The summed E-state index contributed by atoms with van der Waals surface area (Å²) in [6, 6.07) is 6.06. The van der Waals surface area contributed by atoms with E-state index in [1.807, 2.05) is 0 Å². The zero-order valence-corrected chi connectivity index (χ0v) is 10.3. The van der Waals surface area contributed by atoms with Crippen molar-refractivity contribution in [3.8, 4) is 0 Å². The molecule has 8 heteroatoms. The third kappa shape index (κ3) is 3.42. The number of hydrazone groups is 1. The molecule has 0 bridgehead atoms. The number of rotatable bonds is 4. The van der Waals surface area contributed by atoms with Gasteiger partial charge in [0.25, 0.3) is 5.91 Å². The number of pyridine rings is 1. The van der Waals surface area contributed by atoms with Crippen molar-refractivity contribution < 1.29 is 9.72 Å². The maximum atomic E-state index is 11.6. The minimum Gasteiger partial charge on any atom is -0.267 e. The van der Waals surface area contributed by atoms with Gasteiger partial charge in [-0.25, -0.2) is 5.43 Å². The lowest BCUT2D eigenvalue weighted by Gasteiger charge is -1.97. The molecule has 0 fully saturated rings. The molecular weight excluding hydrogens is 268 g/mol. The molecule has 2 aromatic heterocycles. The van der Waals surface area contributed by atoms with Gasteiger partial charge in [0.1, 0.15) is 0 Å². The summed E-state index contributed by atoms with van der Waals surface area (Å²) in [6.07, 6.45) is 4.36. The van der Waals surface area contributed by atoms with Crippen LogP contribution in [0.5, 0.6) is 0 Å². The monoisotopic (exact) mass is 276 g/mol. The van der Waals surface area contributed by atoms with Crippen molar-refractivity contribution in [2.45, 2.75) is 0 Å². The molecule has 0 aliphatic carbocycles. The molecule has 0 spiro atoms. The maximum Gasteiger partial charge on any atom is 0.324 e. The van der Waals surface area contributed by atoms with E-state index in [-0.39, 0.29) is 10.9 Å². The molecular formula is C11H8N4O3S. The topological polar surface area (TPSA) is 97.5 Å². The van der Waals surface area contributed by atoms with Crippen molar-refractivity contribution in [3.63, 3.8) is 0 Å². The molecule has 0 saturated carbocycles. The molecule has 2 rings (SSSR count). The highest BCUT2D eigenvalue weighted by Gasteiger charge is 2.08. The summed E-state index contributed by atoms with van der Waals surface area (Å²) < 4.78 is 0. The first kappa shape index (κ1) is 12.8. The van der Waals surface area contributed by atoms with Crippen LogP contribution >= 0.6 is 11.3 Å². The molecule has 2 heterocycles. The van der Waals surface area contributed by atoms with Crippen molar-refractivity contribution in [2.75, 3.05) is 0 Å². The second kappa shape index (κ2) is 5.83. The Balaban J connectivity index is 1.96. The molecule has 0 aromatic carbocycles. The Labute approximate surface area is 111 Å². The molecule has 1 N–H and O–H groups in total. The first-order valence-electron chi connectivity index (χ1n) is 5.14. The van der Waals surface area contributed by atoms with Gasteiger partial charge < -0.3 is 0 Å². The van der Waals surface area contributed by atoms with Crippen LogP contribution in [0.4, 0.5) is 5.00 Å². The third-order valence-electron chi connectivity index (χ3n) is 2.09. The fraction of sp³-hybridized carbons (Fsp3) is 0. The molecule has 1 amide bonds. The van der Waals surface area contributed by atoms with Crippen molar-refractivity contribution in [1.82, 2.24) is 10.4 Å². The molecule has 2 aromatic rings. The molecule has 0 saturated heterocycles. The van der Waals surface area contributed by atoms with Crippen LogP contribution in [-0.2, 0) is 0 Å². The maximum absolute atomic E-state index is 11.6. The van der Waals surface area contributed by atoms with Crippen molar-refractivity contribution in [1.29, 1.82) is 0 Å². The van der Waals surface area contributed by atoms with E-state index in [1.165, 1.54) is 24.7 Å². The van der Waals surface area contributed by atoms with Gasteiger partial charge in [-0.15, -0.1) is 0 Å². The van der Waals surface area contributed by atoms with Gasteiger partial charge in [-0.05, 0) is 18.2 Å². The molecule has 96 valence electrons. The number of carbonyl (C=O) groups excluding carboxylic acids is 1. The predicted octanol–water partition coefficient (Wildman–Crippen LogP) is 1.82. The van der Waals surface area contributed by atoms with Gasteiger partial charge in [0.05, 0.1) is 16.0 Å². The molecule has 0 aliphatic heterocycles. The smallest absolute Gasteiger partial charge is 0.267 e. The largest absolute Gasteiger partial charge is 0.324 e. The van der Waals surface area contributed by atoms with Crippen molar-refractivity contribution >= 4 is 28.5 Å². The van der Waals surface area contributed by atoms with Gasteiger partial charge in [0.15, 0.2) is 0 Å². The van der Waals surface area contributed by atoms with Crippen LogP contribution in [-0.4, -0.2) is 22.0 Å². The Hall–Kier alpha value is -2.61. The van der Waals surface area contributed by atoms with E-state index in [9.17, 15) is 14.9 Å². The quantitative estimate of drug-likeness (QED) is 0.523. The molecule has 0 atom stereocenters. The van der Waals surface area contributed by atoms with Crippen LogP contribution in [0.2, 0.25) is 0 Å². The summed E-state index contributed by atoms with van der Waals surface area (Å²) in [5.74, 6) is -0.371. The molecule has 0 unspecified atom stereocenters. The number of aromatic nitrogens is 1. The van der Waals surface area contributed by atoms with Crippen molar-refractivity contribution in [3.05, 3.63) is 57.2 Å². The SMILES string of the molecule is O=C(N/N=C/c1ccc([N+](=O)[O-])s1)c1ccncc1. The van der Waals surface area contributed by atoms with Gasteiger partial charge in [-0.1, -0.05) is 11.3 Å². The minimum absolute atomic E-state index is 0.0295. The standard InChI is InChI=1S/C11H8N4O3S/c16-11(8-3-5-12-6-4-8)14-13-7-9-1-2-10(19-9)15(17)18/h1-7H,(H,14,16)/b13-7+. The van der Waals surface area contributed by atoms with E-state index in [0.29, 0.717) is 10.4 Å². The highest BCUT2D eigenvalue weighted by molar-refractivity contribution is 7.16. The second-order valence-corrected chi connectivity index (χ2v) is 4.46. The Bertz CT molecular complexity index is 624. The van der Waals surface area contributed by atoms with Crippen LogP contribution in [0.1, 0.15) is 15.2 Å². The number of nitrogens with zero attached hydrogens (tertiary/aromatic N) is 3. The molecule has 19 heavy (non-hydrogen) atoms. The lowest BCUT2D eigenvalue weighted by Crippen LogP contribution is -2.17. The summed E-state index contributed by atoms with van der Waals surface area (Å²) in [6.45, 7) is 0. The molecule has 7 nitrogen and oxygen atoms in total. The van der Waals surface area contributed by atoms with Crippen LogP contribution in [0.15, 0.2) is 41.8 Å². The zero-order chi connectivity index (χ0) is 13.7. The fourth-order valence-electron chi connectivity index (χ4n) is 1.23. The van der Waals surface area contributed by atoms with E-state index in [1.54, 1.807) is 18.2 Å². The lowest BCUT2D eigenvalue weighted by molar-refractivity contribution is -0.380. The summed E-state index contributed by atoms with van der Waals surface area (Å²) in [4.78, 5) is 26.0. The number of hydrogen-bond acceptors (Lipinski definition) is 6. The number of hydrogen-bond donors (Lipinski definition) is 1. The Morgan fingerprint density at radius 2 is 2.11 bits per heavy atom. The first-order chi connectivity index (χ1) is 9.16. The normalized spacial score (nSPS) is 10.5. The van der Waals surface area contributed by atoms with E-state index in [2.05, 4.69) is 15.5 Å². The summed E-state index contributed by atoms with van der Waals surface area (Å²) in [7, 11) is 0. The van der Waals surface area contributed by atoms with Gasteiger partial charge in [0.2, 0.25) is 0 Å². The fourth-order valence-corrected chi connectivity index (χ4v) is 1.93. The van der Waals surface area contributed by atoms with E-state index >= 15 is 0 Å². The average Bonchev–Trinajstić information content (AvgIpc) is 2.89. The van der Waals surface area contributed by atoms with Gasteiger partial charge in [0, 0.05) is 24.0 Å². The zero-order valence-electron chi connectivity index (χ0n) is 9.52. The average molecular weight is 276 g/mol. The predicted molar refractivity (Wildman–Crippen MR) is 70.3 cm³/mol. The number of nitrogens with one attached hydrogen (secondary N) is 1. The van der Waals surface area contributed by atoms with E-state index in [4.69, 9.17) is 0 Å². The third-order valence-corrected chi connectivity index (χ3v) is 3.06. The van der Waals surface area contributed by atoms with Crippen LogP contribution in [0.3, 0.4) is 0 Å².